The predicted octanol–water partition coefficient (Wildman–Crippen LogP) is 4.45. The van der Waals surface area contributed by atoms with Crippen molar-refractivity contribution in [3.8, 4) is 5.69 Å². The molecule has 2 aromatic heterocycles. The van der Waals surface area contributed by atoms with E-state index in [4.69, 9.17) is 0 Å². The molecule has 0 saturated heterocycles. The summed E-state index contributed by atoms with van der Waals surface area (Å²) >= 11 is 1.31. The lowest BCUT2D eigenvalue weighted by atomic mass is 10.2. The van der Waals surface area contributed by atoms with Gasteiger partial charge >= 0.3 is 0 Å². The lowest BCUT2D eigenvalue weighted by Gasteiger charge is -2.09. The Morgan fingerprint density at radius 3 is 2.73 bits per heavy atom. The maximum atomic E-state index is 13.5. The number of rotatable bonds is 6. The van der Waals surface area contributed by atoms with Crippen molar-refractivity contribution in [1.82, 2.24) is 19.7 Å². The number of aryl methyl sites for hydroxylation is 1. The maximum absolute atomic E-state index is 13.5. The molecule has 0 radical (unpaired) electrons. The Morgan fingerprint density at radius 1 is 1.31 bits per heavy atom. The van der Waals surface area contributed by atoms with Gasteiger partial charge in [-0.1, -0.05) is 31.7 Å². The van der Waals surface area contributed by atoms with Gasteiger partial charge in [-0.3, -0.25) is 9.89 Å². The second-order valence-electron chi connectivity index (χ2n) is 6.47. The predicted molar refractivity (Wildman–Crippen MR) is 101 cm³/mol. The fourth-order valence-electron chi connectivity index (χ4n) is 2.85. The molecular weight excluding hydrogens is 351 g/mol. The van der Waals surface area contributed by atoms with Crippen molar-refractivity contribution in [3.63, 3.8) is 0 Å². The van der Waals surface area contributed by atoms with Crippen LogP contribution in [0.1, 0.15) is 47.3 Å². The molecule has 7 heteroatoms. The molecule has 5 nitrogen and oxygen atoms in total. The molecule has 0 amide bonds. The van der Waals surface area contributed by atoms with E-state index in [9.17, 15) is 9.18 Å². The van der Waals surface area contributed by atoms with Gasteiger partial charge in [-0.15, -0.1) is 5.10 Å². The number of hydrogen-bond acceptors (Lipinski definition) is 4. The van der Waals surface area contributed by atoms with Gasteiger partial charge in [-0.05, 0) is 38.1 Å². The van der Waals surface area contributed by atoms with Gasteiger partial charge in [0.05, 0.1) is 5.75 Å². The SMILES string of the molecule is Cc1cc(C(=O)CSc2n[nH]c(C(C)C)n2)c(C)n1-c1cccc(F)c1. The lowest BCUT2D eigenvalue weighted by molar-refractivity contribution is 0.102. The van der Waals surface area contributed by atoms with Crippen LogP contribution in [-0.4, -0.2) is 31.3 Å². The Morgan fingerprint density at radius 2 is 2.08 bits per heavy atom. The van der Waals surface area contributed by atoms with Gasteiger partial charge < -0.3 is 4.57 Å². The Hall–Kier alpha value is -2.41. The van der Waals surface area contributed by atoms with Crippen LogP contribution in [0.3, 0.4) is 0 Å². The molecule has 1 N–H and O–H groups in total. The molecule has 3 aromatic rings. The number of thioether (sulfide) groups is 1. The summed E-state index contributed by atoms with van der Waals surface area (Å²) < 4.78 is 15.4. The quantitative estimate of drug-likeness (QED) is 0.513. The molecule has 0 saturated carbocycles. The van der Waals surface area contributed by atoms with Crippen molar-refractivity contribution >= 4 is 17.5 Å². The monoisotopic (exact) mass is 372 g/mol. The topological polar surface area (TPSA) is 63.6 Å². The average molecular weight is 372 g/mol. The number of carbonyl (C=O) groups is 1. The van der Waals surface area contributed by atoms with Crippen LogP contribution in [0.4, 0.5) is 4.39 Å². The minimum atomic E-state index is -0.302. The van der Waals surface area contributed by atoms with E-state index in [0.29, 0.717) is 16.4 Å². The summed E-state index contributed by atoms with van der Waals surface area (Å²) in [5, 5.41) is 7.59. The number of nitrogens with zero attached hydrogens (tertiary/aromatic N) is 3. The van der Waals surface area contributed by atoms with E-state index in [1.807, 2.05) is 44.4 Å². The van der Waals surface area contributed by atoms with Gasteiger partial charge in [0.2, 0.25) is 5.16 Å². The highest BCUT2D eigenvalue weighted by Crippen LogP contribution is 2.24. The van der Waals surface area contributed by atoms with Crippen molar-refractivity contribution in [2.24, 2.45) is 0 Å². The molecule has 1 aromatic carbocycles. The minimum Gasteiger partial charge on any atom is -0.318 e. The first-order valence-electron chi connectivity index (χ1n) is 8.40. The molecule has 3 rings (SSSR count). The van der Waals surface area contributed by atoms with Gasteiger partial charge in [-0.25, -0.2) is 9.37 Å². The number of hydrogen-bond donors (Lipinski definition) is 1. The average Bonchev–Trinajstić information content (AvgIpc) is 3.17. The number of aromatic nitrogens is 4. The second kappa shape index (κ2) is 7.45. The third kappa shape index (κ3) is 3.72. The molecular formula is C19H21FN4OS. The van der Waals surface area contributed by atoms with Crippen LogP contribution in [0.5, 0.6) is 0 Å². The van der Waals surface area contributed by atoms with Gasteiger partial charge in [0.25, 0.3) is 0 Å². The highest BCUT2D eigenvalue weighted by molar-refractivity contribution is 7.99. The van der Waals surface area contributed by atoms with Crippen molar-refractivity contribution in [1.29, 1.82) is 0 Å². The fourth-order valence-corrected chi connectivity index (χ4v) is 3.54. The molecule has 0 fully saturated rings. The summed E-state index contributed by atoms with van der Waals surface area (Å²) in [5.41, 5.74) is 3.04. The van der Waals surface area contributed by atoms with Crippen molar-refractivity contribution in [3.05, 3.63) is 58.9 Å². The number of benzene rings is 1. The fraction of sp³-hybridized carbons (Fsp3) is 0.316. The molecule has 26 heavy (non-hydrogen) atoms. The highest BCUT2D eigenvalue weighted by atomic mass is 32.2. The Kier molecular flexibility index (Phi) is 5.27. The van der Waals surface area contributed by atoms with Gasteiger partial charge in [0.15, 0.2) is 5.78 Å². The van der Waals surface area contributed by atoms with E-state index in [-0.39, 0.29) is 23.3 Å². The molecule has 0 aliphatic heterocycles. The van der Waals surface area contributed by atoms with E-state index in [1.54, 1.807) is 6.07 Å². The van der Waals surface area contributed by atoms with Crippen LogP contribution in [0.2, 0.25) is 0 Å². The lowest BCUT2D eigenvalue weighted by Crippen LogP contribution is -2.06. The molecule has 0 unspecified atom stereocenters. The van der Waals surface area contributed by atoms with Gasteiger partial charge in [-0.2, -0.15) is 0 Å². The smallest absolute Gasteiger partial charge is 0.208 e. The number of Topliss-reactive ketones (excluding diaryl/α,β-unsaturated/α-hetero) is 1. The Labute approximate surface area is 156 Å². The van der Waals surface area contributed by atoms with Crippen LogP contribution in [0.25, 0.3) is 5.69 Å². The minimum absolute atomic E-state index is 0.00153. The number of nitrogens with one attached hydrogen (secondary N) is 1. The molecule has 0 aliphatic carbocycles. The Bertz CT molecular complexity index is 945. The largest absolute Gasteiger partial charge is 0.318 e. The normalized spacial score (nSPS) is 11.3. The van der Waals surface area contributed by atoms with E-state index >= 15 is 0 Å². The van der Waals surface area contributed by atoms with Gasteiger partial charge in [0.1, 0.15) is 11.6 Å². The Balaban J connectivity index is 1.78. The number of ketones is 1. The molecule has 136 valence electrons. The molecule has 2 heterocycles. The summed E-state index contributed by atoms with van der Waals surface area (Å²) in [6.07, 6.45) is 0. The van der Waals surface area contributed by atoms with E-state index < -0.39 is 0 Å². The van der Waals surface area contributed by atoms with Crippen LogP contribution in [0, 0.1) is 19.7 Å². The third-order valence-electron chi connectivity index (χ3n) is 4.16. The second-order valence-corrected chi connectivity index (χ2v) is 7.41. The molecule has 0 atom stereocenters. The number of H-pyrrole nitrogens is 1. The van der Waals surface area contributed by atoms with Crippen LogP contribution in [-0.2, 0) is 0 Å². The van der Waals surface area contributed by atoms with Crippen LogP contribution < -0.4 is 0 Å². The summed E-state index contributed by atoms with van der Waals surface area (Å²) in [6, 6.07) is 8.21. The third-order valence-corrected chi connectivity index (χ3v) is 5.01. The zero-order chi connectivity index (χ0) is 18.8. The van der Waals surface area contributed by atoms with Crippen LogP contribution in [0.15, 0.2) is 35.5 Å². The molecule has 0 spiro atoms. The summed E-state index contributed by atoms with van der Waals surface area (Å²) in [6.45, 7) is 7.84. The first kappa shape index (κ1) is 18.4. The summed E-state index contributed by atoms with van der Waals surface area (Å²) in [5.74, 6) is 1.02. The maximum Gasteiger partial charge on any atom is 0.208 e. The van der Waals surface area contributed by atoms with Crippen molar-refractivity contribution in [2.75, 3.05) is 5.75 Å². The number of aromatic amines is 1. The molecule has 0 aliphatic rings. The van der Waals surface area contributed by atoms with E-state index in [2.05, 4.69) is 15.2 Å². The standard InChI is InChI=1S/C19H21FN4OS/c1-11(2)18-21-19(23-22-18)26-10-17(25)16-8-12(3)24(13(16)4)15-7-5-6-14(20)9-15/h5-9,11H,10H2,1-4H3,(H,21,22,23). The molecule has 0 bridgehead atoms. The van der Waals surface area contributed by atoms with Crippen molar-refractivity contribution < 1.29 is 9.18 Å². The van der Waals surface area contributed by atoms with Crippen molar-refractivity contribution in [2.45, 2.75) is 38.8 Å². The summed E-state index contributed by atoms with van der Waals surface area (Å²) in [7, 11) is 0. The number of halogens is 1. The van der Waals surface area contributed by atoms with Gasteiger partial charge in [0, 0.05) is 28.6 Å². The van der Waals surface area contributed by atoms with Crippen LogP contribution >= 0.6 is 11.8 Å². The first-order chi connectivity index (χ1) is 12.4. The van der Waals surface area contributed by atoms with E-state index in [0.717, 1.165) is 17.2 Å². The first-order valence-corrected chi connectivity index (χ1v) is 9.38. The zero-order valence-corrected chi connectivity index (χ0v) is 16.0. The summed E-state index contributed by atoms with van der Waals surface area (Å²) in [4.78, 5) is 17.0. The zero-order valence-electron chi connectivity index (χ0n) is 15.2. The number of carbonyl (C=O) groups excluding carboxylic acids is 1. The highest BCUT2D eigenvalue weighted by Gasteiger charge is 2.18. The van der Waals surface area contributed by atoms with E-state index in [1.165, 1.54) is 23.9 Å².